The molecule has 1 atom stereocenters. The van der Waals surface area contributed by atoms with Crippen molar-refractivity contribution in [2.45, 2.75) is 11.1 Å². The van der Waals surface area contributed by atoms with Crippen LogP contribution < -0.4 is 5.73 Å². The first-order valence-corrected chi connectivity index (χ1v) is 6.00. The zero-order valence-electron chi connectivity index (χ0n) is 8.71. The topological polar surface area (TPSA) is 72.0 Å². The van der Waals surface area contributed by atoms with Crippen molar-refractivity contribution >= 4 is 22.7 Å². The van der Waals surface area contributed by atoms with Crippen LogP contribution in [-0.2, 0) is 0 Å². The molecule has 0 radical (unpaired) electrons. The lowest BCUT2D eigenvalue weighted by Gasteiger charge is -2.07. The number of aliphatic hydroxyl groups is 1. The number of fused-ring (bicyclic) bond motifs is 1. The van der Waals surface area contributed by atoms with Gasteiger partial charge >= 0.3 is 0 Å². The van der Waals surface area contributed by atoms with E-state index in [2.05, 4.69) is 9.97 Å². The van der Waals surface area contributed by atoms with Crippen molar-refractivity contribution in [3.8, 4) is 0 Å². The molecule has 84 valence electrons. The maximum absolute atomic E-state index is 9.40. The molecule has 16 heavy (non-hydrogen) atoms. The number of aromatic nitrogens is 2. The van der Waals surface area contributed by atoms with Gasteiger partial charge in [-0.05, 0) is 6.07 Å². The second-order valence-corrected chi connectivity index (χ2v) is 4.41. The third-order valence-electron chi connectivity index (χ3n) is 2.19. The first kappa shape index (κ1) is 11.3. The lowest BCUT2D eigenvalue weighted by atomic mass is 10.2. The van der Waals surface area contributed by atoms with Gasteiger partial charge in [-0.1, -0.05) is 18.2 Å². The minimum atomic E-state index is -0.487. The van der Waals surface area contributed by atoms with E-state index in [4.69, 9.17) is 5.73 Å². The molecule has 1 unspecified atom stereocenters. The summed E-state index contributed by atoms with van der Waals surface area (Å²) in [5, 5.41) is 11.3. The molecule has 2 rings (SSSR count). The molecular formula is C11H13N3OS. The van der Waals surface area contributed by atoms with Crippen LogP contribution >= 0.6 is 11.8 Å². The Hall–Kier alpha value is -1.17. The summed E-state index contributed by atoms with van der Waals surface area (Å²) in [5.41, 5.74) is 6.27. The molecule has 1 aromatic carbocycles. The van der Waals surface area contributed by atoms with Crippen LogP contribution in [0.4, 0.5) is 0 Å². The Bertz CT molecular complexity index is 472. The van der Waals surface area contributed by atoms with Crippen molar-refractivity contribution < 1.29 is 5.11 Å². The second-order valence-electron chi connectivity index (χ2n) is 3.40. The van der Waals surface area contributed by atoms with Gasteiger partial charge in [0.1, 0.15) is 11.4 Å². The molecule has 0 spiro atoms. The van der Waals surface area contributed by atoms with Crippen LogP contribution in [0.25, 0.3) is 10.9 Å². The van der Waals surface area contributed by atoms with Crippen LogP contribution in [0.15, 0.2) is 35.6 Å². The molecule has 0 aliphatic rings. The van der Waals surface area contributed by atoms with E-state index in [1.165, 1.54) is 11.8 Å². The largest absolute Gasteiger partial charge is 0.391 e. The number of aliphatic hydroxyl groups excluding tert-OH is 1. The van der Waals surface area contributed by atoms with Gasteiger partial charge in [-0.25, -0.2) is 9.97 Å². The van der Waals surface area contributed by atoms with E-state index in [9.17, 15) is 5.11 Å². The van der Waals surface area contributed by atoms with Gasteiger partial charge in [0, 0.05) is 17.7 Å². The minimum absolute atomic E-state index is 0.274. The molecule has 3 N–H and O–H groups in total. The van der Waals surface area contributed by atoms with Gasteiger partial charge in [0.2, 0.25) is 0 Å². The molecule has 1 heterocycles. The average Bonchev–Trinajstić information content (AvgIpc) is 2.35. The van der Waals surface area contributed by atoms with Crippen LogP contribution in [0, 0.1) is 0 Å². The molecule has 0 aliphatic carbocycles. The molecule has 2 aromatic rings. The molecule has 0 fully saturated rings. The van der Waals surface area contributed by atoms with Gasteiger partial charge in [0.15, 0.2) is 0 Å². The number of nitrogens with two attached hydrogens (primary N) is 1. The van der Waals surface area contributed by atoms with Crippen LogP contribution in [0.2, 0.25) is 0 Å². The summed E-state index contributed by atoms with van der Waals surface area (Å²) in [4.78, 5) is 8.39. The number of thioether (sulfide) groups is 1. The number of nitrogens with zero attached hydrogens (tertiary/aromatic N) is 2. The Morgan fingerprint density at radius 3 is 2.94 bits per heavy atom. The van der Waals surface area contributed by atoms with E-state index in [0.29, 0.717) is 5.75 Å². The SMILES string of the molecule is NCC(O)CSc1ncnc2ccccc12. The fraction of sp³-hybridized carbons (Fsp3) is 0.273. The Balaban J connectivity index is 2.23. The molecule has 4 nitrogen and oxygen atoms in total. The fourth-order valence-electron chi connectivity index (χ4n) is 1.34. The lowest BCUT2D eigenvalue weighted by Crippen LogP contribution is -2.21. The highest BCUT2D eigenvalue weighted by atomic mass is 32.2. The van der Waals surface area contributed by atoms with E-state index < -0.39 is 6.10 Å². The number of benzene rings is 1. The predicted octanol–water partition coefficient (Wildman–Crippen LogP) is 1.04. The smallest absolute Gasteiger partial charge is 0.117 e. The van der Waals surface area contributed by atoms with Crippen LogP contribution in [0.3, 0.4) is 0 Å². The maximum Gasteiger partial charge on any atom is 0.117 e. The summed E-state index contributed by atoms with van der Waals surface area (Å²) in [6.07, 6.45) is 1.05. The van der Waals surface area contributed by atoms with Crippen molar-refractivity contribution in [2.24, 2.45) is 5.73 Å². The maximum atomic E-state index is 9.40. The van der Waals surface area contributed by atoms with Crippen molar-refractivity contribution in [3.63, 3.8) is 0 Å². The van der Waals surface area contributed by atoms with E-state index in [0.717, 1.165) is 15.9 Å². The van der Waals surface area contributed by atoms with E-state index >= 15 is 0 Å². The standard InChI is InChI=1S/C11H13N3OS/c12-5-8(15)6-16-11-9-3-1-2-4-10(9)13-7-14-11/h1-4,7-8,15H,5-6,12H2. The zero-order valence-corrected chi connectivity index (χ0v) is 9.52. The first-order chi connectivity index (χ1) is 7.81. The molecule has 0 aliphatic heterocycles. The summed E-state index contributed by atoms with van der Waals surface area (Å²) in [7, 11) is 0. The van der Waals surface area contributed by atoms with E-state index in [-0.39, 0.29) is 6.54 Å². The quantitative estimate of drug-likeness (QED) is 0.612. The average molecular weight is 235 g/mol. The van der Waals surface area contributed by atoms with Crippen molar-refractivity contribution in [3.05, 3.63) is 30.6 Å². The van der Waals surface area contributed by atoms with Crippen LogP contribution in [-0.4, -0.2) is 33.5 Å². The molecule has 5 heteroatoms. The predicted molar refractivity (Wildman–Crippen MR) is 65.3 cm³/mol. The summed E-state index contributed by atoms with van der Waals surface area (Å²) in [6, 6.07) is 7.82. The Kier molecular flexibility index (Phi) is 3.71. The first-order valence-electron chi connectivity index (χ1n) is 5.02. The summed E-state index contributed by atoms with van der Waals surface area (Å²) in [5.74, 6) is 0.553. The molecular weight excluding hydrogens is 222 g/mol. The van der Waals surface area contributed by atoms with Crippen molar-refractivity contribution in [2.75, 3.05) is 12.3 Å². The van der Waals surface area contributed by atoms with Crippen molar-refractivity contribution in [1.29, 1.82) is 0 Å². The highest BCUT2D eigenvalue weighted by Crippen LogP contribution is 2.24. The monoisotopic (exact) mass is 235 g/mol. The molecule has 0 amide bonds. The van der Waals surface area contributed by atoms with Crippen LogP contribution in [0.5, 0.6) is 0 Å². The normalized spacial score (nSPS) is 12.9. The molecule has 0 saturated heterocycles. The van der Waals surface area contributed by atoms with Gasteiger partial charge in [-0.15, -0.1) is 11.8 Å². The highest BCUT2D eigenvalue weighted by molar-refractivity contribution is 7.99. The third-order valence-corrected chi connectivity index (χ3v) is 3.34. The van der Waals surface area contributed by atoms with Gasteiger partial charge < -0.3 is 10.8 Å². The van der Waals surface area contributed by atoms with Crippen molar-refractivity contribution in [1.82, 2.24) is 9.97 Å². The van der Waals surface area contributed by atoms with Gasteiger partial charge in [-0.2, -0.15) is 0 Å². The molecule has 0 bridgehead atoms. The Labute approximate surface area is 97.9 Å². The number of hydrogen-bond acceptors (Lipinski definition) is 5. The summed E-state index contributed by atoms with van der Waals surface area (Å²) < 4.78 is 0. The summed E-state index contributed by atoms with van der Waals surface area (Å²) >= 11 is 1.50. The zero-order chi connectivity index (χ0) is 11.4. The lowest BCUT2D eigenvalue weighted by molar-refractivity contribution is 0.208. The Morgan fingerprint density at radius 1 is 1.31 bits per heavy atom. The van der Waals surface area contributed by atoms with E-state index in [1.54, 1.807) is 6.33 Å². The fourth-order valence-corrected chi connectivity index (χ4v) is 2.27. The Morgan fingerprint density at radius 2 is 2.12 bits per heavy atom. The summed E-state index contributed by atoms with van der Waals surface area (Å²) in [6.45, 7) is 0.274. The molecule has 1 aromatic heterocycles. The molecule has 0 saturated carbocycles. The van der Waals surface area contributed by atoms with Crippen LogP contribution in [0.1, 0.15) is 0 Å². The van der Waals surface area contributed by atoms with E-state index in [1.807, 2.05) is 24.3 Å². The number of rotatable bonds is 4. The van der Waals surface area contributed by atoms with Gasteiger partial charge in [0.05, 0.1) is 11.6 Å². The second kappa shape index (κ2) is 5.25. The number of para-hydroxylation sites is 1. The van der Waals surface area contributed by atoms with Gasteiger partial charge in [-0.3, -0.25) is 0 Å². The highest BCUT2D eigenvalue weighted by Gasteiger charge is 2.06. The third kappa shape index (κ3) is 2.49. The number of hydrogen-bond donors (Lipinski definition) is 2. The van der Waals surface area contributed by atoms with Gasteiger partial charge in [0.25, 0.3) is 0 Å². The minimum Gasteiger partial charge on any atom is -0.391 e.